The Labute approximate surface area is 178 Å². The molecule has 0 bridgehead atoms. The van der Waals surface area contributed by atoms with Crippen LogP contribution in [0, 0.1) is 0 Å². The van der Waals surface area contributed by atoms with E-state index in [0.29, 0.717) is 10.7 Å². The Kier molecular flexibility index (Phi) is 7.38. The molecule has 0 saturated carbocycles. The highest BCUT2D eigenvalue weighted by Gasteiger charge is 2.21. The molecule has 4 nitrogen and oxygen atoms in total. The maximum Gasteiger partial charge on any atom is 0.387 e. The molecular formula is C23H21ClF2N2O2. The number of hydrogen-bond donors (Lipinski definition) is 2. The van der Waals surface area contributed by atoms with Gasteiger partial charge in [0.05, 0.1) is 22.8 Å². The number of anilines is 1. The maximum absolute atomic E-state index is 12.7. The highest BCUT2D eigenvalue weighted by molar-refractivity contribution is 6.33. The molecule has 0 aliphatic rings. The molecule has 0 spiro atoms. The van der Waals surface area contributed by atoms with Crippen molar-refractivity contribution >= 4 is 23.2 Å². The molecule has 3 aromatic carbocycles. The average Bonchev–Trinajstić information content (AvgIpc) is 2.74. The van der Waals surface area contributed by atoms with Gasteiger partial charge in [0.25, 0.3) is 0 Å². The Morgan fingerprint density at radius 2 is 1.50 bits per heavy atom. The fourth-order valence-corrected chi connectivity index (χ4v) is 3.18. The van der Waals surface area contributed by atoms with E-state index < -0.39 is 12.7 Å². The largest absolute Gasteiger partial charge is 0.435 e. The van der Waals surface area contributed by atoms with Crippen LogP contribution >= 0.6 is 11.6 Å². The molecule has 0 radical (unpaired) electrons. The van der Waals surface area contributed by atoms with E-state index in [9.17, 15) is 13.6 Å². The zero-order valence-corrected chi connectivity index (χ0v) is 16.9. The number of para-hydroxylation sites is 1. The number of rotatable bonds is 8. The van der Waals surface area contributed by atoms with Crippen LogP contribution in [0.4, 0.5) is 14.5 Å². The number of carbonyl (C=O) groups excluding carboxylic acids is 1. The lowest BCUT2D eigenvalue weighted by Crippen LogP contribution is -2.40. The van der Waals surface area contributed by atoms with E-state index in [0.717, 1.165) is 11.1 Å². The molecule has 1 amide bonds. The van der Waals surface area contributed by atoms with Gasteiger partial charge in [-0.05, 0) is 42.3 Å². The molecule has 2 unspecified atom stereocenters. The molecule has 3 aromatic rings. The fourth-order valence-electron chi connectivity index (χ4n) is 3.00. The van der Waals surface area contributed by atoms with Crippen LogP contribution in [0.15, 0.2) is 78.9 Å². The number of amides is 1. The van der Waals surface area contributed by atoms with Crippen LogP contribution in [0.5, 0.6) is 5.75 Å². The molecule has 3 rings (SSSR count). The SMILES string of the molecule is CC(NC(c1ccccc1)c1ccc(OC(F)F)cc1)C(=O)Nc1ccccc1Cl. The van der Waals surface area contributed by atoms with Crippen LogP contribution in [0.2, 0.25) is 5.02 Å². The van der Waals surface area contributed by atoms with Crippen LogP contribution < -0.4 is 15.4 Å². The fraction of sp³-hybridized carbons (Fsp3) is 0.174. The zero-order valence-electron chi connectivity index (χ0n) is 16.2. The maximum atomic E-state index is 12.7. The summed E-state index contributed by atoms with van der Waals surface area (Å²) in [6.45, 7) is -1.14. The second-order valence-electron chi connectivity index (χ2n) is 6.65. The van der Waals surface area contributed by atoms with Crippen molar-refractivity contribution in [2.75, 3.05) is 5.32 Å². The van der Waals surface area contributed by atoms with Gasteiger partial charge in [-0.2, -0.15) is 8.78 Å². The lowest BCUT2D eigenvalue weighted by Gasteiger charge is -2.24. The molecule has 0 saturated heterocycles. The zero-order chi connectivity index (χ0) is 21.5. The minimum Gasteiger partial charge on any atom is -0.435 e. The van der Waals surface area contributed by atoms with Crippen LogP contribution in [0.3, 0.4) is 0 Å². The van der Waals surface area contributed by atoms with E-state index in [2.05, 4.69) is 15.4 Å². The van der Waals surface area contributed by atoms with Crippen molar-refractivity contribution in [1.29, 1.82) is 0 Å². The van der Waals surface area contributed by atoms with Gasteiger partial charge in [0.1, 0.15) is 5.75 Å². The minimum absolute atomic E-state index is 0.0741. The smallest absolute Gasteiger partial charge is 0.387 e. The average molecular weight is 431 g/mol. The highest BCUT2D eigenvalue weighted by atomic mass is 35.5. The van der Waals surface area contributed by atoms with Gasteiger partial charge < -0.3 is 10.1 Å². The predicted molar refractivity (Wildman–Crippen MR) is 114 cm³/mol. The van der Waals surface area contributed by atoms with Crippen molar-refractivity contribution in [3.05, 3.63) is 95.0 Å². The second-order valence-corrected chi connectivity index (χ2v) is 7.06. The third-order valence-corrected chi connectivity index (χ3v) is 4.84. The summed E-state index contributed by atoms with van der Waals surface area (Å²) in [5, 5.41) is 6.57. The molecule has 0 fully saturated rings. The van der Waals surface area contributed by atoms with E-state index in [1.807, 2.05) is 30.3 Å². The number of carbonyl (C=O) groups is 1. The number of hydrogen-bond acceptors (Lipinski definition) is 3. The first-order chi connectivity index (χ1) is 14.4. The monoisotopic (exact) mass is 430 g/mol. The molecule has 2 N–H and O–H groups in total. The first-order valence-electron chi connectivity index (χ1n) is 9.35. The Morgan fingerprint density at radius 3 is 2.13 bits per heavy atom. The summed E-state index contributed by atoms with van der Waals surface area (Å²) in [7, 11) is 0. The van der Waals surface area contributed by atoms with Gasteiger partial charge in [-0.15, -0.1) is 0 Å². The lowest BCUT2D eigenvalue weighted by atomic mass is 9.97. The van der Waals surface area contributed by atoms with Crippen LogP contribution in [-0.2, 0) is 4.79 Å². The second kappa shape index (κ2) is 10.2. The van der Waals surface area contributed by atoms with E-state index in [4.69, 9.17) is 11.6 Å². The normalized spacial score (nSPS) is 13.0. The highest BCUT2D eigenvalue weighted by Crippen LogP contribution is 2.26. The summed E-state index contributed by atoms with van der Waals surface area (Å²) in [4.78, 5) is 12.7. The molecule has 0 aromatic heterocycles. The molecule has 0 aliphatic carbocycles. The van der Waals surface area contributed by atoms with Crippen molar-refractivity contribution in [3.8, 4) is 5.75 Å². The van der Waals surface area contributed by atoms with Gasteiger partial charge in [0.15, 0.2) is 0 Å². The number of halogens is 3. The van der Waals surface area contributed by atoms with Crippen LogP contribution in [0.1, 0.15) is 24.1 Å². The molecule has 7 heteroatoms. The summed E-state index contributed by atoms with van der Waals surface area (Å²) in [6, 6.07) is 22.0. The van der Waals surface area contributed by atoms with E-state index in [-0.39, 0.29) is 17.7 Å². The standard InChI is InChI=1S/C23H21ClF2N2O2/c1-15(22(29)28-20-10-6-5-9-19(20)24)27-21(16-7-3-2-4-8-16)17-11-13-18(14-12-17)30-23(25)26/h2-15,21,23,27H,1H3,(H,28,29). The summed E-state index contributed by atoms with van der Waals surface area (Å²) in [5.41, 5.74) is 2.26. The molecular weight excluding hydrogens is 410 g/mol. The van der Waals surface area contributed by atoms with Crippen molar-refractivity contribution < 1.29 is 18.3 Å². The third-order valence-electron chi connectivity index (χ3n) is 4.51. The van der Waals surface area contributed by atoms with E-state index >= 15 is 0 Å². The minimum atomic E-state index is -2.88. The summed E-state index contributed by atoms with van der Waals surface area (Å²) >= 11 is 6.12. The lowest BCUT2D eigenvalue weighted by molar-refractivity contribution is -0.117. The van der Waals surface area contributed by atoms with Gasteiger partial charge in [-0.25, -0.2) is 0 Å². The number of nitrogens with one attached hydrogen (secondary N) is 2. The predicted octanol–water partition coefficient (Wildman–Crippen LogP) is 5.65. The van der Waals surface area contributed by atoms with Gasteiger partial charge in [-0.1, -0.05) is 66.2 Å². The number of ether oxygens (including phenoxy) is 1. The van der Waals surface area contributed by atoms with Gasteiger partial charge in [0.2, 0.25) is 5.91 Å². The molecule has 2 atom stereocenters. The van der Waals surface area contributed by atoms with Crippen molar-refractivity contribution in [3.63, 3.8) is 0 Å². The Hall–Kier alpha value is -2.96. The molecule has 0 aliphatic heterocycles. The number of benzene rings is 3. The Balaban J connectivity index is 1.79. The van der Waals surface area contributed by atoms with Crippen molar-refractivity contribution in [1.82, 2.24) is 5.32 Å². The summed E-state index contributed by atoms with van der Waals surface area (Å²) < 4.78 is 29.3. The molecule has 30 heavy (non-hydrogen) atoms. The molecule has 156 valence electrons. The third kappa shape index (κ3) is 5.78. The summed E-state index contributed by atoms with van der Waals surface area (Å²) in [6.07, 6.45) is 0. The number of alkyl halides is 2. The quantitative estimate of drug-likeness (QED) is 0.485. The van der Waals surface area contributed by atoms with Gasteiger partial charge in [-0.3, -0.25) is 10.1 Å². The topological polar surface area (TPSA) is 50.4 Å². The molecule has 0 heterocycles. The Bertz CT molecular complexity index is 968. The van der Waals surface area contributed by atoms with Gasteiger partial charge >= 0.3 is 6.61 Å². The first-order valence-corrected chi connectivity index (χ1v) is 9.73. The first kappa shape index (κ1) is 21.7. The van der Waals surface area contributed by atoms with Crippen molar-refractivity contribution in [2.45, 2.75) is 25.6 Å². The van der Waals surface area contributed by atoms with E-state index in [1.54, 1.807) is 43.3 Å². The van der Waals surface area contributed by atoms with E-state index in [1.165, 1.54) is 12.1 Å². The van der Waals surface area contributed by atoms with Crippen LogP contribution in [0.25, 0.3) is 0 Å². The van der Waals surface area contributed by atoms with Crippen molar-refractivity contribution in [2.24, 2.45) is 0 Å². The van der Waals surface area contributed by atoms with Gasteiger partial charge in [0, 0.05) is 0 Å². The Morgan fingerprint density at radius 1 is 0.900 bits per heavy atom. The van der Waals surface area contributed by atoms with Crippen LogP contribution in [-0.4, -0.2) is 18.6 Å². The summed E-state index contributed by atoms with van der Waals surface area (Å²) in [5.74, 6) is -0.174.